The highest BCUT2D eigenvalue weighted by molar-refractivity contribution is 6.10. The van der Waals surface area contributed by atoms with Crippen molar-refractivity contribution in [1.82, 2.24) is 14.1 Å². The lowest BCUT2D eigenvalue weighted by Crippen LogP contribution is -2.34. The van der Waals surface area contributed by atoms with Gasteiger partial charge in [0.15, 0.2) is 0 Å². The van der Waals surface area contributed by atoms with Gasteiger partial charge in [-0.15, -0.1) is 0 Å². The zero-order chi connectivity index (χ0) is 56.2. The topological polar surface area (TPSA) is 49.0 Å². The number of furan rings is 1. The molecule has 0 spiro atoms. The summed E-state index contributed by atoms with van der Waals surface area (Å²) < 4.78 is 20.4. The van der Waals surface area contributed by atoms with E-state index in [1.807, 2.05) is 12.3 Å². The molecule has 1 aliphatic carbocycles. The van der Waals surface area contributed by atoms with Crippen LogP contribution in [0.5, 0.6) is 11.5 Å². The Morgan fingerprint density at radius 2 is 1.11 bits per heavy atom. The summed E-state index contributed by atoms with van der Waals surface area (Å²) in [4.78, 5) is 4.95. The highest BCUT2D eigenvalue weighted by atomic mass is 16.5. The fourth-order valence-corrected chi connectivity index (χ4v) is 13.5. The summed E-state index contributed by atoms with van der Waals surface area (Å²) >= 11 is 0. The molecular formula is C76H66N4O2. The molecule has 0 fully saturated rings. The summed E-state index contributed by atoms with van der Waals surface area (Å²) in [6, 6.07) is 68.9. The number of fused-ring (bicyclic) bond motifs is 14. The predicted molar refractivity (Wildman–Crippen MR) is 338 cm³/mol. The van der Waals surface area contributed by atoms with Gasteiger partial charge in [0.2, 0.25) is 0 Å². The van der Waals surface area contributed by atoms with Crippen LogP contribution < -0.4 is 9.30 Å². The second-order valence-corrected chi connectivity index (χ2v) is 26.5. The van der Waals surface area contributed by atoms with Crippen LogP contribution >= 0.6 is 0 Å². The Morgan fingerprint density at radius 3 is 1.88 bits per heavy atom. The van der Waals surface area contributed by atoms with Crippen molar-refractivity contribution in [2.24, 2.45) is 0 Å². The van der Waals surface area contributed by atoms with Gasteiger partial charge in [0.05, 0.1) is 33.4 Å². The number of ether oxygens (including phenoxy) is 1. The fourth-order valence-electron chi connectivity index (χ4n) is 13.5. The molecule has 2 aliphatic rings. The zero-order valence-corrected chi connectivity index (χ0v) is 48.5. The van der Waals surface area contributed by atoms with Crippen molar-refractivity contribution in [3.8, 4) is 73.2 Å². The average Bonchev–Trinajstić information content (AvgIpc) is 3.15. The molecule has 0 radical (unpaired) electrons. The molecule has 402 valence electrons. The summed E-state index contributed by atoms with van der Waals surface area (Å²) in [6.45, 7) is 23.5. The number of benzene rings is 9. The normalized spacial score (nSPS) is 14.6. The third-order valence-corrected chi connectivity index (χ3v) is 18.2. The molecule has 0 saturated carbocycles. The molecule has 5 heterocycles. The first-order valence-electron chi connectivity index (χ1n) is 29.1. The number of nitrogens with zero attached hydrogens (tertiary/aromatic N) is 4. The Morgan fingerprint density at radius 1 is 0.488 bits per heavy atom. The second-order valence-electron chi connectivity index (χ2n) is 26.5. The minimum absolute atomic E-state index is 0.00298. The van der Waals surface area contributed by atoms with Gasteiger partial charge in [0.1, 0.15) is 28.5 Å². The number of hydrogen-bond acceptors (Lipinski definition) is 3. The Balaban J connectivity index is 0.977. The van der Waals surface area contributed by atoms with E-state index in [1.165, 1.54) is 55.5 Å². The molecule has 4 aromatic heterocycles. The Labute approximate surface area is 479 Å². The number of aromatic nitrogens is 4. The fraction of sp³-hybridized carbons (Fsp3) is 0.211. The Bertz CT molecular complexity index is 4810. The van der Waals surface area contributed by atoms with Gasteiger partial charge in [-0.3, -0.25) is 13.7 Å². The van der Waals surface area contributed by atoms with Gasteiger partial charge < -0.3 is 9.15 Å². The van der Waals surface area contributed by atoms with E-state index < -0.39 is 0 Å². The largest absolute Gasteiger partial charge is 0.458 e. The molecule has 1 aliphatic heterocycles. The molecule has 0 unspecified atom stereocenters. The van der Waals surface area contributed by atoms with E-state index in [4.69, 9.17) is 14.1 Å². The first-order chi connectivity index (χ1) is 39.4. The standard InChI is InChI=1S/C76H66N4O2/c1-73(2,3)47-33-36-77-70(40-47)80-65-26-15-13-23-54(65)55-31-30-51(42-67(55)80)81-50-20-17-19-49(41-50)78-45-79-71-58(46-29-32-69-61(37-46)56-24-14-16-28-68(56)82-69)38-48(74(4,5)6)39-62(71)60-44-64-63(75(7,8)34-35-76(64,9)10)43-59(60)53-22-12-11-21-52(53)57-25-18-27-66(78)72(57)79/h11-33,36-44H,34-35H2,1-10H3. The van der Waals surface area contributed by atoms with Crippen molar-refractivity contribution in [3.05, 3.63) is 223 Å². The zero-order valence-electron chi connectivity index (χ0n) is 48.5. The molecule has 13 aromatic rings. The number of rotatable bonds is 5. The molecule has 0 atom stereocenters. The lowest BCUT2D eigenvalue weighted by molar-refractivity contribution is -0.570. The molecule has 0 saturated heterocycles. The van der Waals surface area contributed by atoms with Crippen molar-refractivity contribution >= 4 is 54.8 Å². The maximum atomic E-state index is 6.98. The van der Waals surface area contributed by atoms with Crippen molar-refractivity contribution in [1.29, 1.82) is 0 Å². The van der Waals surface area contributed by atoms with Crippen molar-refractivity contribution in [2.75, 3.05) is 0 Å². The van der Waals surface area contributed by atoms with E-state index in [9.17, 15) is 0 Å². The summed E-state index contributed by atoms with van der Waals surface area (Å²) in [6.07, 6.45) is 8.28. The number of imidazole rings is 1. The van der Waals surface area contributed by atoms with Crippen LogP contribution in [-0.4, -0.2) is 14.1 Å². The highest BCUT2D eigenvalue weighted by Crippen LogP contribution is 2.53. The highest BCUT2D eigenvalue weighted by Gasteiger charge is 2.39. The molecule has 0 amide bonds. The second kappa shape index (κ2) is 17.7. The smallest absolute Gasteiger partial charge is 0.269 e. The number of hydrogen-bond donors (Lipinski definition) is 0. The van der Waals surface area contributed by atoms with Crippen LogP contribution in [0.2, 0.25) is 0 Å². The van der Waals surface area contributed by atoms with Gasteiger partial charge in [-0.25, -0.2) is 4.98 Å². The SMILES string of the molecule is CC(C)(C)c1ccnc(-n2c3ccccc3c3ccc(Oc4cccc(-n5[c-][n+]6c7c(cccc75)-c5ccccc5-c5cc7c(cc5-c5cc(C(C)(C)C)cc(-c8ccc9oc%10ccccc%10c9c8)c5-6)C(C)(C)CCC7(C)C)c4)cc32)c1. The van der Waals surface area contributed by atoms with Crippen LogP contribution in [0.1, 0.15) is 104 Å². The van der Waals surface area contributed by atoms with E-state index in [0.717, 1.165) is 108 Å². The maximum absolute atomic E-state index is 6.98. The van der Waals surface area contributed by atoms with Crippen LogP contribution in [-0.2, 0) is 21.7 Å². The summed E-state index contributed by atoms with van der Waals surface area (Å²) in [5.74, 6) is 2.34. The molecule has 6 nitrogen and oxygen atoms in total. The van der Waals surface area contributed by atoms with Gasteiger partial charge in [-0.2, -0.15) is 0 Å². The van der Waals surface area contributed by atoms with Gasteiger partial charge >= 0.3 is 0 Å². The van der Waals surface area contributed by atoms with E-state index in [1.54, 1.807) is 0 Å². The van der Waals surface area contributed by atoms with Gasteiger partial charge in [0, 0.05) is 33.8 Å². The van der Waals surface area contributed by atoms with Crippen molar-refractivity contribution in [2.45, 2.75) is 104 Å². The molecule has 15 rings (SSSR count). The molecule has 9 aromatic carbocycles. The minimum Gasteiger partial charge on any atom is -0.458 e. The molecule has 6 heteroatoms. The summed E-state index contributed by atoms with van der Waals surface area (Å²) in [7, 11) is 0. The van der Waals surface area contributed by atoms with E-state index in [2.05, 4.69) is 271 Å². The number of pyridine rings is 1. The van der Waals surface area contributed by atoms with E-state index >= 15 is 0 Å². The molecule has 0 bridgehead atoms. The van der Waals surface area contributed by atoms with E-state index in [-0.39, 0.29) is 21.7 Å². The number of para-hydroxylation sites is 3. The van der Waals surface area contributed by atoms with Crippen LogP contribution in [0, 0.1) is 6.33 Å². The average molecular weight is 1070 g/mol. The summed E-state index contributed by atoms with van der Waals surface area (Å²) in [5.41, 5.74) is 22.6. The molecular weight excluding hydrogens is 1000 g/mol. The van der Waals surface area contributed by atoms with Crippen molar-refractivity contribution in [3.63, 3.8) is 0 Å². The van der Waals surface area contributed by atoms with Crippen LogP contribution in [0.4, 0.5) is 0 Å². The van der Waals surface area contributed by atoms with Crippen LogP contribution in [0.15, 0.2) is 199 Å². The lowest BCUT2D eigenvalue weighted by Gasteiger charge is -2.42. The summed E-state index contributed by atoms with van der Waals surface area (Å²) in [5, 5.41) is 4.52. The first kappa shape index (κ1) is 50.0. The van der Waals surface area contributed by atoms with Crippen LogP contribution in [0.25, 0.3) is 116 Å². The van der Waals surface area contributed by atoms with E-state index in [0.29, 0.717) is 0 Å². The predicted octanol–water partition coefficient (Wildman–Crippen LogP) is 19.8. The Kier molecular flexibility index (Phi) is 10.8. The Hall–Kier alpha value is -9.00. The molecule has 0 N–H and O–H groups in total. The van der Waals surface area contributed by atoms with Crippen LogP contribution in [0.3, 0.4) is 0 Å². The minimum atomic E-state index is -0.189. The quantitative estimate of drug-likeness (QED) is 0.127. The first-order valence-corrected chi connectivity index (χ1v) is 29.1. The lowest BCUT2D eigenvalue weighted by atomic mass is 9.62. The third kappa shape index (κ3) is 7.81. The third-order valence-electron chi connectivity index (χ3n) is 18.2. The van der Waals surface area contributed by atoms with Gasteiger partial charge in [-0.1, -0.05) is 178 Å². The maximum Gasteiger partial charge on any atom is 0.269 e. The van der Waals surface area contributed by atoms with Gasteiger partial charge in [0.25, 0.3) is 6.33 Å². The van der Waals surface area contributed by atoms with Gasteiger partial charge in [-0.05, 0) is 174 Å². The monoisotopic (exact) mass is 1070 g/mol. The van der Waals surface area contributed by atoms with Crippen molar-refractivity contribution < 1.29 is 13.7 Å². The molecule has 82 heavy (non-hydrogen) atoms.